The fraction of sp³-hybridized carbons (Fsp3) is 0.200. The lowest BCUT2D eigenvalue weighted by Gasteiger charge is -2.19. The summed E-state index contributed by atoms with van der Waals surface area (Å²) >= 11 is 7.72. The minimum absolute atomic E-state index is 0.303. The summed E-state index contributed by atoms with van der Waals surface area (Å²) in [6.07, 6.45) is 2.43. The van der Waals surface area contributed by atoms with E-state index < -0.39 is 6.04 Å². The van der Waals surface area contributed by atoms with Gasteiger partial charge in [0.05, 0.1) is 17.7 Å². The van der Waals surface area contributed by atoms with Gasteiger partial charge in [0.2, 0.25) is 5.91 Å². The molecular weight excluding hydrogens is 460 g/mol. The normalized spacial score (nSPS) is 11.4. The van der Waals surface area contributed by atoms with Gasteiger partial charge >= 0.3 is 0 Å². The molecule has 8 heteroatoms. The van der Waals surface area contributed by atoms with Crippen LogP contribution in [0.25, 0.3) is 0 Å². The van der Waals surface area contributed by atoms with Crippen LogP contribution in [0.15, 0.2) is 72.8 Å². The Bertz CT molecular complexity index is 1090. The Morgan fingerprint density at radius 2 is 1.64 bits per heavy atom. The van der Waals surface area contributed by atoms with E-state index in [-0.39, 0.29) is 11.8 Å². The number of carbonyl (C=O) groups is 2. The van der Waals surface area contributed by atoms with Crippen molar-refractivity contribution in [3.63, 3.8) is 0 Å². The molecule has 0 spiro atoms. The Morgan fingerprint density at radius 1 is 0.970 bits per heavy atom. The molecule has 3 rings (SSSR count). The summed E-state index contributed by atoms with van der Waals surface area (Å²) in [5.41, 5.74) is 0.924. The number of amides is 2. The number of hydrogen-bond donors (Lipinski definition) is 2. The third kappa shape index (κ3) is 6.91. The van der Waals surface area contributed by atoms with Gasteiger partial charge in [-0.15, -0.1) is 0 Å². The van der Waals surface area contributed by atoms with E-state index in [2.05, 4.69) is 10.6 Å². The van der Waals surface area contributed by atoms with Crippen LogP contribution < -0.4 is 20.1 Å². The van der Waals surface area contributed by atoms with Crippen LogP contribution >= 0.6 is 23.4 Å². The molecule has 172 valence electrons. The van der Waals surface area contributed by atoms with E-state index in [1.165, 1.54) is 0 Å². The van der Waals surface area contributed by atoms with Crippen LogP contribution in [0.3, 0.4) is 0 Å². The number of carbonyl (C=O) groups excluding carboxylic acids is 2. The molecule has 0 aliphatic rings. The molecule has 3 aromatic carbocycles. The van der Waals surface area contributed by atoms with E-state index in [0.29, 0.717) is 45.7 Å². The van der Waals surface area contributed by atoms with Crippen molar-refractivity contribution in [2.75, 3.05) is 24.4 Å². The standard InChI is InChI=1S/C25H25ClN2O4S/c1-31-22-9-5-6-10-23(22)32-18-13-11-17(12-14-18)27-25(30)21(15-16-33-2)28-24(29)19-7-3-4-8-20(19)26/h3-14,21H,15-16H2,1-2H3,(H,27,30)(H,28,29). The van der Waals surface area contributed by atoms with E-state index in [0.717, 1.165) is 0 Å². The van der Waals surface area contributed by atoms with Crippen LogP contribution in [0.5, 0.6) is 17.2 Å². The van der Waals surface area contributed by atoms with Crippen molar-refractivity contribution in [1.82, 2.24) is 5.32 Å². The highest BCUT2D eigenvalue weighted by Gasteiger charge is 2.22. The highest BCUT2D eigenvalue weighted by molar-refractivity contribution is 7.98. The van der Waals surface area contributed by atoms with Gasteiger partial charge < -0.3 is 20.1 Å². The number of methoxy groups -OCH3 is 1. The second-order valence-corrected chi connectivity index (χ2v) is 8.45. The number of benzene rings is 3. The summed E-state index contributed by atoms with van der Waals surface area (Å²) in [4.78, 5) is 25.6. The quantitative estimate of drug-likeness (QED) is 0.390. The van der Waals surface area contributed by atoms with Crippen molar-refractivity contribution in [2.24, 2.45) is 0 Å². The Balaban J connectivity index is 1.66. The maximum Gasteiger partial charge on any atom is 0.253 e. The predicted molar refractivity (Wildman–Crippen MR) is 134 cm³/mol. The molecule has 0 aromatic heterocycles. The molecule has 0 aliphatic heterocycles. The maximum atomic E-state index is 12.9. The van der Waals surface area contributed by atoms with Crippen LogP contribution in [0.4, 0.5) is 5.69 Å². The molecule has 6 nitrogen and oxygen atoms in total. The van der Waals surface area contributed by atoms with Gasteiger partial charge in [0.25, 0.3) is 5.91 Å². The summed E-state index contributed by atoms with van der Waals surface area (Å²) in [6.45, 7) is 0. The molecule has 0 heterocycles. The van der Waals surface area contributed by atoms with E-state index in [9.17, 15) is 9.59 Å². The van der Waals surface area contributed by atoms with Gasteiger partial charge in [-0.25, -0.2) is 0 Å². The number of halogens is 1. The zero-order chi connectivity index (χ0) is 23.6. The van der Waals surface area contributed by atoms with E-state index in [1.807, 2.05) is 30.5 Å². The van der Waals surface area contributed by atoms with Crippen molar-refractivity contribution in [3.05, 3.63) is 83.4 Å². The monoisotopic (exact) mass is 484 g/mol. The first kappa shape index (κ1) is 24.5. The van der Waals surface area contributed by atoms with Crippen molar-refractivity contribution in [1.29, 1.82) is 0 Å². The van der Waals surface area contributed by atoms with Gasteiger partial charge in [0, 0.05) is 5.69 Å². The van der Waals surface area contributed by atoms with Gasteiger partial charge in [0.15, 0.2) is 11.5 Å². The number of anilines is 1. The van der Waals surface area contributed by atoms with Gasteiger partial charge in [-0.1, -0.05) is 35.9 Å². The second kappa shape index (κ2) is 12.2. The van der Waals surface area contributed by atoms with Crippen molar-refractivity contribution < 1.29 is 19.1 Å². The lowest BCUT2D eigenvalue weighted by Crippen LogP contribution is -2.44. The first-order valence-electron chi connectivity index (χ1n) is 10.3. The van der Waals surface area contributed by atoms with Crippen LogP contribution in [-0.2, 0) is 4.79 Å². The lowest BCUT2D eigenvalue weighted by atomic mass is 10.1. The SMILES string of the molecule is COc1ccccc1Oc1ccc(NC(=O)C(CCSC)NC(=O)c2ccccc2Cl)cc1. The largest absolute Gasteiger partial charge is 0.493 e. The molecule has 2 amide bonds. The lowest BCUT2D eigenvalue weighted by molar-refractivity contribution is -0.118. The number of rotatable bonds is 10. The summed E-state index contributed by atoms with van der Waals surface area (Å²) in [5.74, 6) is 1.85. The summed E-state index contributed by atoms with van der Waals surface area (Å²) in [7, 11) is 1.58. The number of hydrogen-bond acceptors (Lipinski definition) is 5. The zero-order valence-corrected chi connectivity index (χ0v) is 19.9. The minimum atomic E-state index is -0.703. The van der Waals surface area contributed by atoms with Crippen molar-refractivity contribution in [2.45, 2.75) is 12.5 Å². The Morgan fingerprint density at radius 3 is 2.30 bits per heavy atom. The van der Waals surface area contributed by atoms with Crippen LogP contribution in [-0.4, -0.2) is 37.0 Å². The topological polar surface area (TPSA) is 76.7 Å². The number of nitrogens with one attached hydrogen (secondary N) is 2. The van der Waals surface area contributed by atoms with E-state index in [1.54, 1.807) is 67.4 Å². The molecule has 3 aromatic rings. The second-order valence-electron chi connectivity index (χ2n) is 7.05. The zero-order valence-electron chi connectivity index (χ0n) is 18.3. The molecule has 33 heavy (non-hydrogen) atoms. The first-order chi connectivity index (χ1) is 16.0. The average molecular weight is 485 g/mol. The molecule has 0 aliphatic carbocycles. The van der Waals surface area contributed by atoms with E-state index in [4.69, 9.17) is 21.1 Å². The third-order valence-corrected chi connectivity index (χ3v) is 5.74. The fourth-order valence-electron chi connectivity index (χ4n) is 3.05. The Kier molecular flexibility index (Phi) is 9.04. The smallest absolute Gasteiger partial charge is 0.253 e. The summed E-state index contributed by atoms with van der Waals surface area (Å²) in [6, 6.07) is 20.4. The number of ether oxygens (including phenoxy) is 2. The van der Waals surface area contributed by atoms with E-state index >= 15 is 0 Å². The van der Waals surface area contributed by atoms with Crippen LogP contribution in [0.1, 0.15) is 16.8 Å². The molecule has 0 radical (unpaired) electrons. The highest BCUT2D eigenvalue weighted by Crippen LogP contribution is 2.31. The highest BCUT2D eigenvalue weighted by atomic mass is 35.5. The molecule has 1 unspecified atom stereocenters. The van der Waals surface area contributed by atoms with Crippen LogP contribution in [0.2, 0.25) is 5.02 Å². The van der Waals surface area contributed by atoms with Gasteiger partial charge in [0.1, 0.15) is 11.8 Å². The summed E-state index contributed by atoms with van der Waals surface area (Å²) < 4.78 is 11.2. The molecule has 1 atom stereocenters. The molecular formula is C25H25ClN2O4S. The fourth-order valence-corrected chi connectivity index (χ4v) is 3.74. The molecule has 0 fully saturated rings. The Hall–Kier alpha value is -3.16. The van der Waals surface area contributed by atoms with Gasteiger partial charge in [-0.3, -0.25) is 9.59 Å². The maximum absolute atomic E-state index is 12.9. The Labute approximate surface area is 202 Å². The van der Waals surface area contributed by atoms with Gasteiger partial charge in [-0.2, -0.15) is 11.8 Å². The minimum Gasteiger partial charge on any atom is -0.493 e. The average Bonchev–Trinajstić information content (AvgIpc) is 2.83. The predicted octanol–water partition coefficient (Wildman–Crippen LogP) is 5.63. The van der Waals surface area contributed by atoms with Gasteiger partial charge in [-0.05, 0) is 67.0 Å². The third-order valence-electron chi connectivity index (χ3n) is 4.77. The molecule has 0 saturated heterocycles. The van der Waals surface area contributed by atoms with Crippen molar-refractivity contribution in [3.8, 4) is 17.2 Å². The van der Waals surface area contributed by atoms with Crippen LogP contribution in [0, 0.1) is 0 Å². The summed E-state index contributed by atoms with van der Waals surface area (Å²) in [5, 5.41) is 6.00. The molecule has 0 bridgehead atoms. The first-order valence-corrected chi connectivity index (χ1v) is 12.0. The molecule has 0 saturated carbocycles. The van der Waals surface area contributed by atoms with Crippen molar-refractivity contribution >= 4 is 40.9 Å². The molecule has 2 N–H and O–H groups in total. The number of para-hydroxylation sites is 2. The number of thioether (sulfide) groups is 1.